The minimum atomic E-state index is -0.568. The van der Waals surface area contributed by atoms with Crippen LogP contribution in [0.1, 0.15) is 63.3 Å². The minimum Gasteiger partial charge on any atom is -0.269 e. The Labute approximate surface area is 176 Å². The molecular formula is C22H19N5O2S. The average molecular weight is 417 g/mol. The van der Waals surface area contributed by atoms with Gasteiger partial charge in [-0.2, -0.15) is 0 Å². The summed E-state index contributed by atoms with van der Waals surface area (Å²) in [5.41, 5.74) is 2.95. The quantitative estimate of drug-likeness (QED) is 0.463. The van der Waals surface area contributed by atoms with Gasteiger partial charge < -0.3 is 0 Å². The molecule has 4 aromatic rings. The number of hydrogen-bond donors (Lipinski definition) is 0. The Balaban J connectivity index is 1.46. The summed E-state index contributed by atoms with van der Waals surface area (Å²) in [6, 6.07) is 6.34. The number of amides is 2. The number of rotatable bonds is 2. The average Bonchev–Trinajstić information content (AvgIpc) is 3.40. The molecule has 0 saturated carbocycles. The van der Waals surface area contributed by atoms with Gasteiger partial charge in [0.25, 0.3) is 11.8 Å². The van der Waals surface area contributed by atoms with Crippen LogP contribution in [0.15, 0.2) is 30.6 Å². The van der Waals surface area contributed by atoms with E-state index in [4.69, 9.17) is 4.98 Å². The summed E-state index contributed by atoms with van der Waals surface area (Å²) in [4.78, 5) is 38.7. The van der Waals surface area contributed by atoms with Crippen molar-refractivity contribution >= 4 is 39.0 Å². The molecule has 0 saturated heterocycles. The number of thiophene rings is 1. The summed E-state index contributed by atoms with van der Waals surface area (Å²) in [5.74, 6) is 0.533. The maximum atomic E-state index is 12.9. The van der Waals surface area contributed by atoms with Crippen molar-refractivity contribution in [3.8, 4) is 0 Å². The maximum Gasteiger partial charge on any atom is 0.262 e. The Kier molecular flexibility index (Phi) is 3.65. The fourth-order valence-corrected chi connectivity index (χ4v) is 5.95. The van der Waals surface area contributed by atoms with Gasteiger partial charge in [-0.05, 0) is 49.8 Å². The van der Waals surface area contributed by atoms with Crippen LogP contribution in [0.5, 0.6) is 0 Å². The van der Waals surface area contributed by atoms with E-state index < -0.39 is 6.04 Å². The van der Waals surface area contributed by atoms with Crippen LogP contribution >= 0.6 is 11.3 Å². The molecule has 0 spiro atoms. The van der Waals surface area contributed by atoms with E-state index in [9.17, 15) is 9.59 Å². The molecule has 30 heavy (non-hydrogen) atoms. The number of carbonyl (C=O) groups is 2. The zero-order chi connectivity index (χ0) is 20.6. The van der Waals surface area contributed by atoms with Crippen molar-refractivity contribution < 1.29 is 9.59 Å². The number of fused-ring (bicyclic) bond motifs is 6. The van der Waals surface area contributed by atoms with E-state index in [0.29, 0.717) is 22.9 Å². The lowest BCUT2D eigenvalue weighted by molar-refractivity contribution is 0.0589. The number of aryl methyl sites for hydroxylation is 1. The lowest BCUT2D eigenvalue weighted by Gasteiger charge is -2.19. The number of carbonyl (C=O) groups excluding carboxylic acids is 2. The molecule has 2 aliphatic rings. The molecule has 150 valence electrons. The minimum absolute atomic E-state index is 0.299. The summed E-state index contributed by atoms with van der Waals surface area (Å²) < 4.78 is 1.68. The zero-order valence-corrected chi connectivity index (χ0v) is 17.4. The fraction of sp³-hybridized carbons (Fsp3) is 0.318. The summed E-state index contributed by atoms with van der Waals surface area (Å²) >= 11 is 1.74. The van der Waals surface area contributed by atoms with Crippen LogP contribution in [-0.2, 0) is 12.8 Å². The van der Waals surface area contributed by atoms with Crippen molar-refractivity contribution in [2.24, 2.45) is 5.92 Å². The standard InChI is InChI=1S/C22H19N5O2S/c1-11-7-8-15-16(9-11)30-20-17(15)19-24-18(25-26(19)10-23-20)12(2)27-21(28)13-5-3-4-6-14(13)22(27)29/h3-6,10-12H,7-9H2,1-2H3. The molecule has 7 nitrogen and oxygen atoms in total. The molecule has 2 unspecified atom stereocenters. The summed E-state index contributed by atoms with van der Waals surface area (Å²) in [6.45, 7) is 4.08. The van der Waals surface area contributed by atoms with Crippen LogP contribution < -0.4 is 0 Å². The molecule has 1 aliphatic carbocycles. The largest absolute Gasteiger partial charge is 0.269 e. The van der Waals surface area contributed by atoms with E-state index in [1.807, 2.05) is 0 Å². The first-order valence-electron chi connectivity index (χ1n) is 10.2. The molecule has 4 heterocycles. The van der Waals surface area contributed by atoms with E-state index in [2.05, 4.69) is 17.0 Å². The van der Waals surface area contributed by atoms with Gasteiger partial charge in [0.05, 0.1) is 22.6 Å². The van der Waals surface area contributed by atoms with Gasteiger partial charge in [-0.15, -0.1) is 16.4 Å². The Morgan fingerprint density at radius 3 is 2.63 bits per heavy atom. The van der Waals surface area contributed by atoms with Crippen LogP contribution in [0.25, 0.3) is 15.9 Å². The highest BCUT2D eigenvalue weighted by Crippen LogP contribution is 2.39. The van der Waals surface area contributed by atoms with E-state index in [1.165, 1.54) is 15.3 Å². The van der Waals surface area contributed by atoms with Gasteiger partial charge in [0, 0.05) is 4.88 Å². The second kappa shape index (κ2) is 6.18. The highest BCUT2D eigenvalue weighted by Gasteiger charge is 2.40. The first-order chi connectivity index (χ1) is 14.5. The van der Waals surface area contributed by atoms with Gasteiger partial charge in [0.2, 0.25) is 0 Å². The molecule has 6 rings (SSSR count). The van der Waals surface area contributed by atoms with Crippen molar-refractivity contribution in [2.75, 3.05) is 0 Å². The molecule has 3 aromatic heterocycles. The molecule has 8 heteroatoms. The van der Waals surface area contributed by atoms with Gasteiger partial charge in [-0.3, -0.25) is 14.5 Å². The van der Waals surface area contributed by atoms with Crippen molar-refractivity contribution in [3.63, 3.8) is 0 Å². The second-order valence-corrected chi connectivity index (χ2v) is 9.30. The van der Waals surface area contributed by atoms with Crippen LogP contribution in [0, 0.1) is 5.92 Å². The van der Waals surface area contributed by atoms with E-state index in [0.717, 1.165) is 35.1 Å². The lowest BCUT2D eigenvalue weighted by Crippen LogP contribution is -2.33. The number of hydrogen-bond acceptors (Lipinski definition) is 6. The number of imide groups is 1. The van der Waals surface area contributed by atoms with Gasteiger partial charge in [0.15, 0.2) is 11.5 Å². The smallest absolute Gasteiger partial charge is 0.262 e. The predicted molar refractivity (Wildman–Crippen MR) is 113 cm³/mol. The summed E-state index contributed by atoms with van der Waals surface area (Å²) in [5, 5.41) is 5.65. The molecule has 1 aliphatic heterocycles. The second-order valence-electron chi connectivity index (χ2n) is 8.22. The van der Waals surface area contributed by atoms with Crippen molar-refractivity contribution in [1.82, 2.24) is 24.5 Å². The predicted octanol–water partition coefficient (Wildman–Crippen LogP) is 3.82. The molecular weight excluding hydrogens is 398 g/mol. The van der Waals surface area contributed by atoms with E-state index in [1.54, 1.807) is 53.4 Å². The molecule has 1 aromatic carbocycles. The molecule has 2 amide bonds. The summed E-state index contributed by atoms with van der Waals surface area (Å²) in [6.07, 6.45) is 4.93. The Bertz CT molecular complexity index is 1340. The number of nitrogens with zero attached hydrogens (tertiary/aromatic N) is 5. The van der Waals surface area contributed by atoms with Gasteiger partial charge in [-0.1, -0.05) is 19.1 Å². The topological polar surface area (TPSA) is 80.5 Å². The van der Waals surface area contributed by atoms with Crippen LogP contribution in [0.4, 0.5) is 0 Å². The maximum absolute atomic E-state index is 12.9. The third kappa shape index (κ3) is 2.34. The fourth-order valence-electron chi connectivity index (χ4n) is 4.61. The molecule has 2 atom stereocenters. The Morgan fingerprint density at radius 1 is 1.17 bits per heavy atom. The third-order valence-corrected chi connectivity index (χ3v) is 7.40. The third-order valence-electron chi connectivity index (χ3n) is 6.24. The van der Waals surface area contributed by atoms with Crippen molar-refractivity contribution in [2.45, 2.75) is 39.2 Å². The van der Waals surface area contributed by atoms with Crippen molar-refractivity contribution in [1.29, 1.82) is 0 Å². The van der Waals surface area contributed by atoms with Crippen molar-refractivity contribution in [3.05, 3.63) is 58.0 Å². The van der Waals surface area contributed by atoms with Crippen LogP contribution in [0.3, 0.4) is 0 Å². The highest BCUT2D eigenvalue weighted by molar-refractivity contribution is 7.19. The monoisotopic (exact) mass is 417 g/mol. The molecule has 0 bridgehead atoms. The van der Waals surface area contributed by atoms with Gasteiger partial charge in [0.1, 0.15) is 11.2 Å². The molecule has 0 radical (unpaired) electrons. The first-order valence-corrected chi connectivity index (χ1v) is 11.0. The van der Waals surface area contributed by atoms with Crippen LogP contribution in [-0.4, -0.2) is 36.3 Å². The molecule has 0 fully saturated rings. The normalized spacial score (nSPS) is 19.5. The van der Waals surface area contributed by atoms with Gasteiger partial charge in [-0.25, -0.2) is 14.5 Å². The SMILES string of the molecule is CC1CCc2c(sc3ncn4nc(C(C)N5C(=O)c6ccccc6C5=O)nc4c23)C1. The lowest BCUT2D eigenvalue weighted by atomic mass is 9.89. The van der Waals surface area contributed by atoms with Gasteiger partial charge >= 0.3 is 0 Å². The zero-order valence-electron chi connectivity index (χ0n) is 16.6. The Morgan fingerprint density at radius 2 is 1.90 bits per heavy atom. The Hall–Kier alpha value is -3.13. The number of aromatic nitrogens is 4. The number of benzene rings is 1. The molecule has 0 N–H and O–H groups in total. The highest BCUT2D eigenvalue weighted by atomic mass is 32.1. The van der Waals surface area contributed by atoms with Crippen LogP contribution in [0.2, 0.25) is 0 Å². The summed E-state index contributed by atoms with van der Waals surface area (Å²) in [7, 11) is 0. The first kappa shape index (κ1) is 17.7. The van der Waals surface area contributed by atoms with E-state index >= 15 is 0 Å². The van der Waals surface area contributed by atoms with E-state index in [-0.39, 0.29) is 11.8 Å².